The summed E-state index contributed by atoms with van der Waals surface area (Å²) in [4.78, 5) is 31.6. The summed E-state index contributed by atoms with van der Waals surface area (Å²) in [6.07, 6.45) is 4.70. The fourth-order valence-electron chi connectivity index (χ4n) is 3.66. The van der Waals surface area contributed by atoms with Crippen molar-refractivity contribution in [3.8, 4) is 0 Å². The van der Waals surface area contributed by atoms with Gasteiger partial charge in [-0.3, -0.25) is 9.59 Å². The minimum atomic E-state index is -0.116. The summed E-state index contributed by atoms with van der Waals surface area (Å²) in [5, 5.41) is 2.99. The number of hydrogen-bond acceptors (Lipinski definition) is 3. The van der Waals surface area contributed by atoms with E-state index in [1.54, 1.807) is 0 Å². The highest BCUT2D eigenvalue weighted by atomic mass is 16.2. The smallest absolute Gasteiger partial charge is 0.254 e. The molecular formula is C21H26N4O2. The molecular weight excluding hydrogens is 340 g/mol. The van der Waals surface area contributed by atoms with Gasteiger partial charge in [-0.15, -0.1) is 0 Å². The van der Waals surface area contributed by atoms with Crippen molar-refractivity contribution < 1.29 is 9.59 Å². The Morgan fingerprint density at radius 2 is 2.07 bits per heavy atom. The van der Waals surface area contributed by atoms with E-state index in [0.29, 0.717) is 31.0 Å². The zero-order valence-electron chi connectivity index (χ0n) is 15.9. The van der Waals surface area contributed by atoms with Crippen LogP contribution in [0.4, 0.5) is 0 Å². The first-order chi connectivity index (χ1) is 13.0. The quantitative estimate of drug-likeness (QED) is 0.884. The van der Waals surface area contributed by atoms with E-state index in [1.807, 2.05) is 49.2 Å². The van der Waals surface area contributed by atoms with Crippen LogP contribution in [0, 0.1) is 12.8 Å². The number of rotatable bonds is 5. The lowest BCUT2D eigenvalue weighted by molar-refractivity contribution is -0.120. The lowest BCUT2D eigenvalue weighted by Gasteiger charge is -2.33. The molecule has 2 aromatic rings. The van der Waals surface area contributed by atoms with Crippen molar-refractivity contribution in [1.29, 1.82) is 0 Å². The first-order valence-electron chi connectivity index (χ1n) is 9.71. The van der Waals surface area contributed by atoms with Crippen molar-refractivity contribution in [2.45, 2.75) is 45.7 Å². The van der Waals surface area contributed by atoms with E-state index in [0.717, 1.165) is 23.6 Å². The average Bonchev–Trinajstić information content (AvgIpc) is 3.39. The van der Waals surface area contributed by atoms with Gasteiger partial charge in [0.25, 0.3) is 5.91 Å². The van der Waals surface area contributed by atoms with E-state index in [1.165, 1.54) is 12.8 Å². The summed E-state index contributed by atoms with van der Waals surface area (Å²) < 4.78 is 2.08. The molecule has 2 amide bonds. The molecule has 142 valence electrons. The van der Waals surface area contributed by atoms with Crippen LogP contribution in [-0.2, 0) is 17.8 Å². The van der Waals surface area contributed by atoms with Crippen LogP contribution in [0.5, 0.6) is 0 Å². The number of imidazole rings is 1. The molecule has 1 saturated carbocycles. The summed E-state index contributed by atoms with van der Waals surface area (Å²) >= 11 is 0. The molecule has 6 heteroatoms. The maximum Gasteiger partial charge on any atom is 0.254 e. The molecule has 0 unspecified atom stereocenters. The minimum Gasteiger partial charge on any atom is -0.355 e. The third kappa shape index (κ3) is 3.89. The van der Waals surface area contributed by atoms with E-state index in [4.69, 9.17) is 0 Å². The number of carbonyl (C=O) groups excluding carboxylic acids is 2. The molecule has 4 rings (SSSR count). The highest BCUT2D eigenvalue weighted by Gasteiger charge is 2.30. The second kappa shape index (κ2) is 7.18. The number of amides is 2. The molecule has 6 nitrogen and oxygen atoms in total. The third-order valence-corrected chi connectivity index (χ3v) is 5.43. The van der Waals surface area contributed by atoms with E-state index in [2.05, 4.69) is 14.9 Å². The van der Waals surface area contributed by atoms with Crippen molar-refractivity contribution in [3.63, 3.8) is 0 Å². The van der Waals surface area contributed by atoms with Gasteiger partial charge in [-0.1, -0.05) is 17.7 Å². The van der Waals surface area contributed by atoms with E-state index in [-0.39, 0.29) is 17.9 Å². The molecule has 2 heterocycles. The van der Waals surface area contributed by atoms with Crippen LogP contribution in [-0.4, -0.2) is 39.4 Å². The predicted molar refractivity (Wildman–Crippen MR) is 102 cm³/mol. The molecule has 1 aromatic carbocycles. The second-order valence-corrected chi connectivity index (χ2v) is 7.75. The van der Waals surface area contributed by atoms with Gasteiger partial charge in [0, 0.05) is 31.4 Å². The van der Waals surface area contributed by atoms with Gasteiger partial charge in [0.1, 0.15) is 5.82 Å². The van der Waals surface area contributed by atoms with Crippen molar-refractivity contribution in [3.05, 3.63) is 53.1 Å². The van der Waals surface area contributed by atoms with Crippen molar-refractivity contribution in [2.75, 3.05) is 13.1 Å². The van der Waals surface area contributed by atoms with E-state index < -0.39 is 0 Å². The highest BCUT2D eigenvalue weighted by Crippen LogP contribution is 2.28. The number of hydrogen-bond donors (Lipinski definition) is 1. The Bertz CT molecular complexity index is 869. The van der Waals surface area contributed by atoms with E-state index >= 15 is 0 Å². The van der Waals surface area contributed by atoms with Crippen molar-refractivity contribution in [1.82, 2.24) is 19.8 Å². The summed E-state index contributed by atoms with van der Waals surface area (Å²) in [5.74, 6) is 1.58. The van der Waals surface area contributed by atoms with Gasteiger partial charge < -0.3 is 14.8 Å². The number of fused-ring (bicyclic) bond motifs is 1. The van der Waals surface area contributed by atoms with Gasteiger partial charge in [0.2, 0.25) is 5.91 Å². The fourth-order valence-corrected chi connectivity index (χ4v) is 3.66. The van der Waals surface area contributed by atoms with Crippen LogP contribution in [0.1, 0.15) is 53.2 Å². The van der Waals surface area contributed by atoms with Crippen LogP contribution >= 0.6 is 0 Å². The monoisotopic (exact) mass is 366 g/mol. The van der Waals surface area contributed by atoms with Gasteiger partial charge in [0.05, 0.1) is 18.2 Å². The molecule has 0 spiro atoms. The summed E-state index contributed by atoms with van der Waals surface area (Å²) in [5.41, 5.74) is 2.56. The molecule has 0 bridgehead atoms. The van der Waals surface area contributed by atoms with Crippen LogP contribution in [0.25, 0.3) is 0 Å². The summed E-state index contributed by atoms with van der Waals surface area (Å²) in [6, 6.07) is 7.57. The molecule has 1 fully saturated rings. The Morgan fingerprint density at radius 1 is 1.26 bits per heavy atom. The molecule has 0 saturated heterocycles. The Labute approximate surface area is 159 Å². The molecule has 1 aromatic heterocycles. The fraction of sp³-hybridized carbons (Fsp3) is 0.476. The number of carbonyl (C=O) groups is 2. The zero-order chi connectivity index (χ0) is 19.0. The van der Waals surface area contributed by atoms with Gasteiger partial charge in [-0.2, -0.15) is 0 Å². The number of aromatic nitrogens is 2. The topological polar surface area (TPSA) is 67.2 Å². The zero-order valence-corrected chi connectivity index (χ0v) is 15.9. The number of aryl methyl sites for hydroxylation is 1. The average molecular weight is 366 g/mol. The maximum atomic E-state index is 12.9. The maximum absolute atomic E-state index is 12.9. The normalized spacial score (nSPS) is 18.9. The van der Waals surface area contributed by atoms with Gasteiger partial charge in [0.15, 0.2) is 0 Å². The van der Waals surface area contributed by atoms with Gasteiger partial charge in [-0.05, 0) is 44.7 Å². The lowest BCUT2D eigenvalue weighted by atomic mass is 10.1. The molecule has 1 atom stereocenters. The first-order valence-corrected chi connectivity index (χ1v) is 9.71. The number of nitrogens with zero attached hydrogens (tertiary/aromatic N) is 3. The molecule has 2 aliphatic rings. The lowest BCUT2D eigenvalue weighted by Crippen LogP contribution is -2.41. The first kappa shape index (κ1) is 17.8. The molecule has 27 heavy (non-hydrogen) atoms. The van der Waals surface area contributed by atoms with Crippen LogP contribution < -0.4 is 5.32 Å². The predicted octanol–water partition coefficient (Wildman–Crippen LogP) is 2.48. The number of benzene rings is 1. The Hall–Kier alpha value is -2.63. The molecule has 1 N–H and O–H groups in total. The SMILES string of the molecule is Cc1cccc(C(=O)N2CCn3cc(CC(=O)NCC4CC4)nc3[C@H]2C)c1. The standard InChI is InChI=1S/C21H26N4O2/c1-14-4-3-5-17(10-14)21(27)25-9-8-24-13-18(23-20(24)15(25)2)11-19(26)22-12-16-6-7-16/h3-5,10,13,15-16H,6-9,11-12H2,1-2H3,(H,22,26)/t15-/m1/s1. The van der Waals surface area contributed by atoms with E-state index in [9.17, 15) is 9.59 Å². The third-order valence-electron chi connectivity index (χ3n) is 5.43. The molecule has 0 radical (unpaired) electrons. The Kier molecular flexibility index (Phi) is 4.72. The van der Waals surface area contributed by atoms with Crippen LogP contribution in [0.3, 0.4) is 0 Å². The Morgan fingerprint density at radius 3 is 2.81 bits per heavy atom. The summed E-state index contributed by atoms with van der Waals surface area (Å²) in [6.45, 7) is 6.12. The number of nitrogens with one attached hydrogen (secondary N) is 1. The molecule has 1 aliphatic carbocycles. The second-order valence-electron chi connectivity index (χ2n) is 7.75. The summed E-state index contributed by atoms with van der Waals surface area (Å²) in [7, 11) is 0. The molecule has 1 aliphatic heterocycles. The van der Waals surface area contributed by atoms with Crippen LogP contribution in [0.15, 0.2) is 30.5 Å². The van der Waals surface area contributed by atoms with Crippen molar-refractivity contribution >= 4 is 11.8 Å². The van der Waals surface area contributed by atoms with Crippen molar-refractivity contribution in [2.24, 2.45) is 5.92 Å². The van der Waals surface area contributed by atoms with Crippen LogP contribution in [0.2, 0.25) is 0 Å². The largest absolute Gasteiger partial charge is 0.355 e. The van der Waals surface area contributed by atoms with Gasteiger partial charge in [-0.25, -0.2) is 4.98 Å². The van der Waals surface area contributed by atoms with Gasteiger partial charge >= 0.3 is 0 Å². The Balaban J connectivity index is 1.45. The highest BCUT2D eigenvalue weighted by molar-refractivity contribution is 5.94. The minimum absolute atomic E-state index is 0.0256.